The van der Waals surface area contributed by atoms with Crippen LogP contribution in [0.4, 0.5) is 0 Å². The number of methoxy groups -OCH3 is 2. The van der Waals surface area contributed by atoms with Crippen LogP contribution < -0.4 is 14.8 Å². The first kappa shape index (κ1) is 17.8. The molecule has 0 aromatic heterocycles. The van der Waals surface area contributed by atoms with Crippen molar-refractivity contribution in [3.05, 3.63) is 23.8 Å². The summed E-state index contributed by atoms with van der Waals surface area (Å²) in [7, 11) is 3.15. The Hall–Kier alpha value is -2.24. The molecule has 0 aliphatic heterocycles. The van der Waals surface area contributed by atoms with E-state index < -0.39 is 0 Å². The first-order valence-electron chi connectivity index (χ1n) is 7.18. The number of carbonyl (C=O) groups excluding carboxylic acids is 2. The van der Waals surface area contributed by atoms with Crippen molar-refractivity contribution in [1.29, 1.82) is 0 Å². The second-order valence-electron chi connectivity index (χ2n) is 4.70. The summed E-state index contributed by atoms with van der Waals surface area (Å²) in [5.41, 5.74) is 0.811. The molecule has 0 unspecified atom stereocenters. The van der Waals surface area contributed by atoms with Gasteiger partial charge in [-0.15, -0.1) is 0 Å². The lowest BCUT2D eigenvalue weighted by Crippen LogP contribution is -2.27. The standard InChI is InChI=1S/C16H23NO5/c1-5-22-16(19)9-8-15(18)17-11(2)13-10-12(20-3)6-7-14(13)21-4/h6-7,10-11H,5,8-9H2,1-4H3,(H,17,18)/t11-/m0/s1. The van der Waals surface area contributed by atoms with Gasteiger partial charge < -0.3 is 19.5 Å². The smallest absolute Gasteiger partial charge is 0.306 e. The second-order valence-corrected chi connectivity index (χ2v) is 4.70. The predicted molar refractivity (Wildman–Crippen MR) is 82.0 cm³/mol. The van der Waals surface area contributed by atoms with Crippen LogP contribution in [0.15, 0.2) is 18.2 Å². The lowest BCUT2D eigenvalue weighted by Gasteiger charge is -2.18. The van der Waals surface area contributed by atoms with Crippen LogP contribution >= 0.6 is 0 Å². The Morgan fingerprint density at radius 2 is 1.91 bits per heavy atom. The lowest BCUT2D eigenvalue weighted by molar-refractivity contribution is -0.144. The van der Waals surface area contributed by atoms with Gasteiger partial charge >= 0.3 is 5.97 Å². The summed E-state index contributed by atoms with van der Waals surface area (Å²) in [4.78, 5) is 23.1. The molecule has 0 aliphatic carbocycles. The number of hydrogen-bond donors (Lipinski definition) is 1. The average molecular weight is 309 g/mol. The maximum Gasteiger partial charge on any atom is 0.306 e. The first-order chi connectivity index (χ1) is 10.5. The second kappa shape index (κ2) is 8.92. The first-order valence-corrected chi connectivity index (χ1v) is 7.18. The number of ether oxygens (including phenoxy) is 3. The highest BCUT2D eigenvalue weighted by molar-refractivity contribution is 5.81. The third kappa shape index (κ3) is 5.27. The van der Waals surface area contributed by atoms with Gasteiger partial charge in [0, 0.05) is 12.0 Å². The number of amides is 1. The molecule has 0 heterocycles. The van der Waals surface area contributed by atoms with Crippen LogP contribution in [-0.4, -0.2) is 32.7 Å². The summed E-state index contributed by atoms with van der Waals surface area (Å²) in [6.07, 6.45) is 0.164. The molecule has 0 radical (unpaired) electrons. The minimum Gasteiger partial charge on any atom is -0.497 e. The fourth-order valence-corrected chi connectivity index (χ4v) is 2.02. The molecular formula is C16H23NO5. The van der Waals surface area contributed by atoms with Crippen molar-refractivity contribution in [3.63, 3.8) is 0 Å². The molecule has 1 atom stereocenters. The van der Waals surface area contributed by atoms with Crippen molar-refractivity contribution in [2.45, 2.75) is 32.7 Å². The minimum atomic E-state index is -0.371. The average Bonchev–Trinajstić information content (AvgIpc) is 2.52. The van der Waals surface area contributed by atoms with E-state index in [-0.39, 0.29) is 30.8 Å². The van der Waals surface area contributed by atoms with Gasteiger partial charge in [0.2, 0.25) is 5.91 Å². The Morgan fingerprint density at radius 3 is 2.50 bits per heavy atom. The molecule has 6 nitrogen and oxygen atoms in total. The molecule has 0 aliphatic rings. The van der Waals surface area contributed by atoms with E-state index in [1.807, 2.05) is 13.0 Å². The van der Waals surface area contributed by atoms with Gasteiger partial charge in [-0.2, -0.15) is 0 Å². The van der Waals surface area contributed by atoms with Gasteiger partial charge in [-0.05, 0) is 32.0 Å². The lowest BCUT2D eigenvalue weighted by atomic mass is 10.1. The SMILES string of the molecule is CCOC(=O)CCC(=O)N[C@@H](C)c1cc(OC)ccc1OC. The summed E-state index contributed by atoms with van der Waals surface area (Å²) < 4.78 is 15.3. The Morgan fingerprint density at radius 1 is 1.18 bits per heavy atom. The number of esters is 1. The van der Waals surface area contributed by atoms with Gasteiger partial charge in [-0.1, -0.05) is 0 Å². The molecule has 0 spiro atoms. The van der Waals surface area contributed by atoms with E-state index in [4.69, 9.17) is 14.2 Å². The summed E-state index contributed by atoms with van der Waals surface area (Å²) in [5, 5.41) is 2.84. The zero-order valence-electron chi connectivity index (χ0n) is 13.5. The molecule has 0 saturated carbocycles. The van der Waals surface area contributed by atoms with Gasteiger partial charge in [0.15, 0.2) is 0 Å². The molecular weight excluding hydrogens is 286 g/mol. The third-order valence-electron chi connectivity index (χ3n) is 3.14. The maximum absolute atomic E-state index is 11.9. The Bertz CT molecular complexity index is 515. The summed E-state index contributed by atoms with van der Waals surface area (Å²) in [5.74, 6) is 0.761. The minimum absolute atomic E-state index is 0.0711. The molecule has 0 saturated heterocycles. The van der Waals surface area contributed by atoms with Crippen molar-refractivity contribution < 1.29 is 23.8 Å². The van der Waals surface area contributed by atoms with Crippen LogP contribution in [-0.2, 0) is 14.3 Å². The molecule has 0 fully saturated rings. The van der Waals surface area contributed by atoms with Gasteiger partial charge in [0.05, 0.1) is 33.3 Å². The molecule has 1 amide bonds. The van der Waals surface area contributed by atoms with Crippen molar-refractivity contribution in [1.82, 2.24) is 5.32 Å². The van der Waals surface area contributed by atoms with Crippen LogP contribution in [0.3, 0.4) is 0 Å². The van der Waals surface area contributed by atoms with Crippen LogP contribution in [0.25, 0.3) is 0 Å². The topological polar surface area (TPSA) is 73.9 Å². The van der Waals surface area contributed by atoms with E-state index in [0.717, 1.165) is 5.56 Å². The number of benzene rings is 1. The normalized spacial score (nSPS) is 11.5. The predicted octanol–water partition coefficient (Wildman–Crippen LogP) is 2.22. The van der Waals surface area contributed by atoms with E-state index in [1.54, 1.807) is 33.3 Å². The highest BCUT2D eigenvalue weighted by Gasteiger charge is 2.16. The largest absolute Gasteiger partial charge is 0.497 e. The summed E-state index contributed by atoms with van der Waals surface area (Å²) in [6.45, 7) is 3.90. The molecule has 122 valence electrons. The van der Waals surface area contributed by atoms with Crippen LogP contribution in [0.1, 0.15) is 38.3 Å². The van der Waals surface area contributed by atoms with Crippen molar-refractivity contribution >= 4 is 11.9 Å². The molecule has 1 rings (SSSR count). The van der Waals surface area contributed by atoms with E-state index in [9.17, 15) is 9.59 Å². The molecule has 6 heteroatoms. The third-order valence-corrected chi connectivity index (χ3v) is 3.14. The van der Waals surface area contributed by atoms with Crippen LogP contribution in [0, 0.1) is 0 Å². The Kier molecular flexibility index (Phi) is 7.22. The van der Waals surface area contributed by atoms with Gasteiger partial charge in [-0.25, -0.2) is 0 Å². The fraction of sp³-hybridized carbons (Fsp3) is 0.500. The monoisotopic (exact) mass is 309 g/mol. The van der Waals surface area contributed by atoms with Crippen molar-refractivity contribution in [3.8, 4) is 11.5 Å². The fourth-order valence-electron chi connectivity index (χ4n) is 2.02. The molecule has 1 aromatic rings. The van der Waals surface area contributed by atoms with Crippen molar-refractivity contribution in [2.24, 2.45) is 0 Å². The maximum atomic E-state index is 11.9. The highest BCUT2D eigenvalue weighted by atomic mass is 16.5. The summed E-state index contributed by atoms with van der Waals surface area (Å²) in [6, 6.07) is 5.13. The van der Waals surface area contributed by atoms with Gasteiger partial charge in [0.1, 0.15) is 11.5 Å². The van der Waals surface area contributed by atoms with E-state index in [0.29, 0.717) is 18.1 Å². The molecule has 0 bridgehead atoms. The van der Waals surface area contributed by atoms with Gasteiger partial charge in [0.25, 0.3) is 0 Å². The van der Waals surface area contributed by atoms with E-state index in [1.165, 1.54) is 0 Å². The van der Waals surface area contributed by atoms with Crippen LogP contribution in [0.2, 0.25) is 0 Å². The van der Waals surface area contributed by atoms with Crippen LogP contribution in [0.5, 0.6) is 11.5 Å². The highest BCUT2D eigenvalue weighted by Crippen LogP contribution is 2.29. The molecule has 1 N–H and O–H groups in total. The number of hydrogen-bond acceptors (Lipinski definition) is 5. The number of carbonyl (C=O) groups is 2. The van der Waals surface area contributed by atoms with E-state index in [2.05, 4.69) is 5.32 Å². The van der Waals surface area contributed by atoms with E-state index >= 15 is 0 Å². The number of rotatable bonds is 8. The summed E-state index contributed by atoms with van der Waals surface area (Å²) >= 11 is 0. The number of nitrogens with one attached hydrogen (secondary N) is 1. The van der Waals surface area contributed by atoms with Crippen molar-refractivity contribution in [2.75, 3.05) is 20.8 Å². The Labute approximate surface area is 130 Å². The molecule has 22 heavy (non-hydrogen) atoms. The quantitative estimate of drug-likeness (QED) is 0.745. The molecule has 1 aromatic carbocycles. The zero-order valence-corrected chi connectivity index (χ0v) is 13.5. The Balaban J connectivity index is 2.66. The van der Waals surface area contributed by atoms with Gasteiger partial charge in [-0.3, -0.25) is 9.59 Å². The zero-order chi connectivity index (χ0) is 16.5.